The first kappa shape index (κ1) is 11.6. The van der Waals surface area contributed by atoms with E-state index < -0.39 is 0 Å². The van der Waals surface area contributed by atoms with Crippen molar-refractivity contribution in [3.8, 4) is 0 Å². The van der Waals surface area contributed by atoms with E-state index in [-0.39, 0.29) is 5.54 Å². The van der Waals surface area contributed by atoms with Crippen molar-refractivity contribution in [3.63, 3.8) is 0 Å². The van der Waals surface area contributed by atoms with E-state index in [0.717, 1.165) is 12.2 Å². The van der Waals surface area contributed by atoms with Crippen molar-refractivity contribution < 1.29 is 0 Å². The second-order valence-corrected chi connectivity index (χ2v) is 4.94. The minimum absolute atomic E-state index is 0.220. The maximum Gasteiger partial charge on any atom is 0.0258 e. The van der Waals surface area contributed by atoms with Gasteiger partial charge in [-0.25, -0.2) is 0 Å². The van der Waals surface area contributed by atoms with Crippen molar-refractivity contribution in [1.82, 2.24) is 0 Å². The summed E-state index contributed by atoms with van der Waals surface area (Å²) >= 11 is 1.83. The molecule has 4 N–H and O–H groups in total. The molecule has 0 amide bonds. The van der Waals surface area contributed by atoms with Gasteiger partial charge in [-0.1, -0.05) is 18.2 Å². The predicted octanol–water partition coefficient (Wildman–Crippen LogP) is 1.84. The molecule has 0 bridgehead atoms. The summed E-state index contributed by atoms with van der Waals surface area (Å²) in [6.07, 6.45) is 0.947. The van der Waals surface area contributed by atoms with Gasteiger partial charge in [-0.3, -0.25) is 0 Å². The molecule has 2 nitrogen and oxygen atoms in total. The Morgan fingerprint density at radius 1 is 1.29 bits per heavy atom. The van der Waals surface area contributed by atoms with E-state index in [2.05, 4.69) is 12.1 Å². The summed E-state index contributed by atoms with van der Waals surface area (Å²) in [5, 5.41) is 0. The van der Waals surface area contributed by atoms with Crippen LogP contribution in [0.1, 0.15) is 13.3 Å². The Kier molecular flexibility index (Phi) is 4.45. The second-order valence-electron chi connectivity index (χ2n) is 3.77. The first-order valence-electron chi connectivity index (χ1n) is 4.81. The molecule has 0 aliphatic rings. The van der Waals surface area contributed by atoms with Gasteiger partial charge in [-0.05, 0) is 31.2 Å². The molecule has 1 atom stereocenters. The summed E-state index contributed by atoms with van der Waals surface area (Å²) in [5.74, 6) is 1.02. The molecule has 0 fully saturated rings. The minimum Gasteiger partial charge on any atom is -0.329 e. The average molecular weight is 210 g/mol. The predicted molar refractivity (Wildman–Crippen MR) is 63.4 cm³/mol. The number of benzene rings is 1. The minimum atomic E-state index is -0.220. The van der Waals surface area contributed by atoms with Crippen LogP contribution in [0.15, 0.2) is 35.2 Å². The largest absolute Gasteiger partial charge is 0.329 e. The number of thioether (sulfide) groups is 1. The second kappa shape index (κ2) is 5.39. The highest BCUT2D eigenvalue weighted by Crippen LogP contribution is 2.20. The highest BCUT2D eigenvalue weighted by molar-refractivity contribution is 7.99. The van der Waals surface area contributed by atoms with Crippen LogP contribution >= 0.6 is 11.8 Å². The lowest BCUT2D eigenvalue weighted by atomic mass is 10.0. The van der Waals surface area contributed by atoms with Gasteiger partial charge < -0.3 is 11.5 Å². The molecule has 14 heavy (non-hydrogen) atoms. The topological polar surface area (TPSA) is 52.0 Å². The van der Waals surface area contributed by atoms with E-state index in [0.29, 0.717) is 6.54 Å². The lowest BCUT2D eigenvalue weighted by Crippen LogP contribution is -2.44. The molecular weight excluding hydrogens is 192 g/mol. The van der Waals surface area contributed by atoms with E-state index >= 15 is 0 Å². The molecule has 1 aromatic rings. The molecule has 0 spiro atoms. The number of rotatable bonds is 5. The Labute approximate surface area is 90.1 Å². The van der Waals surface area contributed by atoms with Crippen LogP contribution in [-0.2, 0) is 0 Å². The third-order valence-corrected chi connectivity index (χ3v) is 3.17. The molecule has 0 aromatic heterocycles. The smallest absolute Gasteiger partial charge is 0.0258 e. The molecule has 1 unspecified atom stereocenters. The Morgan fingerprint density at radius 2 is 1.93 bits per heavy atom. The van der Waals surface area contributed by atoms with Gasteiger partial charge in [0.05, 0.1) is 0 Å². The van der Waals surface area contributed by atoms with Crippen LogP contribution in [0.5, 0.6) is 0 Å². The van der Waals surface area contributed by atoms with Crippen molar-refractivity contribution in [2.45, 2.75) is 23.8 Å². The fourth-order valence-electron chi connectivity index (χ4n) is 1.02. The zero-order valence-electron chi connectivity index (χ0n) is 8.57. The lowest BCUT2D eigenvalue weighted by Gasteiger charge is -2.21. The molecule has 0 heterocycles. The fraction of sp³-hybridized carbons (Fsp3) is 0.455. The Balaban J connectivity index is 2.29. The summed E-state index contributed by atoms with van der Waals surface area (Å²) in [6, 6.07) is 10.3. The third kappa shape index (κ3) is 4.13. The summed E-state index contributed by atoms with van der Waals surface area (Å²) in [5.41, 5.74) is 11.3. The van der Waals surface area contributed by atoms with Crippen LogP contribution in [0.3, 0.4) is 0 Å². The van der Waals surface area contributed by atoms with E-state index in [1.54, 1.807) is 0 Å². The summed E-state index contributed by atoms with van der Waals surface area (Å²) < 4.78 is 0. The monoisotopic (exact) mass is 210 g/mol. The van der Waals surface area contributed by atoms with E-state index in [1.807, 2.05) is 36.9 Å². The lowest BCUT2D eigenvalue weighted by molar-refractivity contribution is 0.468. The first-order chi connectivity index (χ1) is 6.64. The highest BCUT2D eigenvalue weighted by atomic mass is 32.2. The van der Waals surface area contributed by atoms with Crippen molar-refractivity contribution in [2.24, 2.45) is 11.5 Å². The van der Waals surface area contributed by atoms with Crippen LogP contribution in [0, 0.1) is 0 Å². The molecule has 0 aliphatic carbocycles. The molecule has 3 heteroatoms. The Hall–Kier alpha value is -0.510. The Bertz CT molecular complexity index is 259. The molecular formula is C11H18N2S. The summed E-state index contributed by atoms with van der Waals surface area (Å²) in [4.78, 5) is 1.29. The van der Waals surface area contributed by atoms with Gasteiger partial charge in [0.2, 0.25) is 0 Å². The maximum atomic E-state index is 5.94. The zero-order valence-corrected chi connectivity index (χ0v) is 9.39. The normalized spacial score (nSPS) is 15.1. The van der Waals surface area contributed by atoms with Gasteiger partial charge in [-0.2, -0.15) is 0 Å². The molecule has 0 saturated heterocycles. The molecule has 0 radical (unpaired) electrons. The van der Waals surface area contributed by atoms with Crippen LogP contribution < -0.4 is 11.5 Å². The maximum absolute atomic E-state index is 5.94. The standard InChI is InChI=1S/C11H18N2S/c1-11(13,9-12)7-8-14-10-5-3-2-4-6-10/h2-6H,7-9,12-13H2,1H3. The van der Waals surface area contributed by atoms with E-state index in [1.165, 1.54) is 4.90 Å². The third-order valence-electron chi connectivity index (χ3n) is 2.15. The summed E-state index contributed by atoms with van der Waals surface area (Å²) in [7, 11) is 0. The quantitative estimate of drug-likeness (QED) is 0.729. The molecule has 0 saturated carbocycles. The van der Waals surface area contributed by atoms with Gasteiger partial charge in [0, 0.05) is 17.0 Å². The van der Waals surface area contributed by atoms with Crippen molar-refractivity contribution >= 4 is 11.8 Å². The van der Waals surface area contributed by atoms with Gasteiger partial charge in [-0.15, -0.1) is 11.8 Å². The van der Waals surface area contributed by atoms with Gasteiger partial charge in [0.15, 0.2) is 0 Å². The van der Waals surface area contributed by atoms with Crippen molar-refractivity contribution in [1.29, 1.82) is 0 Å². The van der Waals surface area contributed by atoms with Crippen molar-refractivity contribution in [2.75, 3.05) is 12.3 Å². The number of hydrogen-bond donors (Lipinski definition) is 2. The average Bonchev–Trinajstić information content (AvgIpc) is 2.19. The van der Waals surface area contributed by atoms with Crippen LogP contribution in [0.25, 0.3) is 0 Å². The van der Waals surface area contributed by atoms with Gasteiger partial charge in [0.25, 0.3) is 0 Å². The molecule has 1 rings (SSSR count). The molecule has 0 aliphatic heterocycles. The highest BCUT2D eigenvalue weighted by Gasteiger charge is 2.14. The number of nitrogens with two attached hydrogens (primary N) is 2. The zero-order chi connectivity index (χ0) is 10.4. The van der Waals surface area contributed by atoms with Crippen LogP contribution in [-0.4, -0.2) is 17.8 Å². The van der Waals surface area contributed by atoms with Crippen molar-refractivity contribution in [3.05, 3.63) is 30.3 Å². The fourth-order valence-corrected chi connectivity index (χ4v) is 2.17. The number of hydrogen-bond acceptors (Lipinski definition) is 3. The van der Waals surface area contributed by atoms with Crippen LogP contribution in [0.2, 0.25) is 0 Å². The van der Waals surface area contributed by atoms with E-state index in [9.17, 15) is 0 Å². The SMILES string of the molecule is CC(N)(CN)CCSc1ccccc1. The summed E-state index contributed by atoms with van der Waals surface area (Å²) in [6.45, 7) is 2.54. The van der Waals surface area contributed by atoms with Gasteiger partial charge in [0.1, 0.15) is 0 Å². The first-order valence-corrected chi connectivity index (χ1v) is 5.79. The van der Waals surface area contributed by atoms with Gasteiger partial charge >= 0.3 is 0 Å². The van der Waals surface area contributed by atoms with Crippen LogP contribution in [0.4, 0.5) is 0 Å². The molecule has 78 valence electrons. The molecule has 1 aromatic carbocycles. The Morgan fingerprint density at radius 3 is 2.50 bits per heavy atom. The van der Waals surface area contributed by atoms with E-state index in [4.69, 9.17) is 11.5 Å².